The van der Waals surface area contributed by atoms with E-state index in [0.717, 1.165) is 0 Å². The molecule has 1 aromatic heterocycles. The van der Waals surface area contributed by atoms with Gasteiger partial charge in [-0.2, -0.15) is 0 Å². The van der Waals surface area contributed by atoms with Crippen LogP contribution in [0.3, 0.4) is 0 Å². The lowest BCUT2D eigenvalue weighted by Gasteiger charge is -2.20. The van der Waals surface area contributed by atoms with Crippen LogP contribution in [0.25, 0.3) is 0 Å². The zero-order chi connectivity index (χ0) is 12.0. The van der Waals surface area contributed by atoms with Crippen molar-refractivity contribution >= 4 is 5.91 Å². The summed E-state index contributed by atoms with van der Waals surface area (Å²) in [5.74, 6) is 0.347. The van der Waals surface area contributed by atoms with Crippen LogP contribution in [0, 0.1) is 5.92 Å². The lowest BCUT2D eigenvalue weighted by molar-refractivity contribution is -0.122. The van der Waals surface area contributed by atoms with Gasteiger partial charge in [0.15, 0.2) is 0 Å². The van der Waals surface area contributed by atoms with Crippen LogP contribution in [-0.4, -0.2) is 33.5 Å². The quantitative estimate of drug-likeness (QED) is 0.700. The van der Waals surface area contributed by atoms with Gasteiger partial charge in [-0.1, -0.05) is 19.1 Å². The fourth-order valence-electron chi connectivity index (χ4n) is 1.34. The van der Waals surface area contributed by atoms with Crippen molar-refractivity contribution < 1.29 is 4.79 Å². The largest absolute Gasteiger partial charge is 0.352 e. The molecule has 0 aliphatic rings. The van der Waals surface area contributed by atoms with Gasteiger partial charge in [-0.3, -0.25) is 9.48 Å². The highest BCUT2D eigenvalue weighted by Gasteiger charge is 2.13. The van der Waals surface area contributed by atoms with E-state index < -0.39 is 0 Å². The number of nitrogens with zero attached hydrogens (tertiary/aromatic N) is 3. The molecule has 0 saturated heterocycles. The van der Waals surface area contributed by atoms with E-state index in [9.17, 15) is 4.79 Å². The van der Waals surface area contributed by atoms with Gasteiger partial charge in [0.2, 0.25) is 5.91 Å². The van der Waals surface area contributed by atoms with Crippen molar-refractivity contribution in [3.05, 3.63) is 12.4 Å². The first-order valence-corrected chi connectivity index (χ1v) is 5.47. The molecule has 90 valence electrons. The Bertz CT molecular complexity index is 309. The van der Waals surface area contributed by atoms with Gasteiger partial charge < -0.3 is 11.1 Å². The molecule has 0 aliphatic heterocycles. The molecule has 0 aliphatic carbocycles. The standard InChI is InChI=1S/C10H19N5O/c1-8(2)9(7-11)13-10(16)3-5-15-6-4-12-14-15/h4,6,8-9H,3,5,7,11H2,1-2H3,(H,13,16). The van der Waals surface area contributed by atoms with Crippen molar-refractivity contribution in [1.82, 2.24) is 20.3 Å². The third-order valence-electron chi connectivity index (χ3n) is 2.44. The van der Waals surface area contributed by atoms with Gasteiger partial charge in [0.05, 0.1) is 12.7 Å². The predicted octanol–water partition coefficient (Wildman–Crippen LogP) is -0.232. The van der Waals surface area contributed by atoms with E-state index >= 15 is 0 Å². The number of aromatic nitrogens is 3. The highest BCUT2D eigenvalue weighted by molar-refractivity contribution is 5.76. The Morgan fingerprint density at radius 2 is 2.31 bits per heavy atom. The molecule has 0 radical (unpaired) electrons. The SMILES string of the molecule is CC(C)C(CN)NC(=O)CCn1ccnn1. The zero-order valence-corrected chi connectivity index (χ0v) is 9.76. The predicted molar refractivity (Wildman–Crippen MR) is 60.5 cm³/mol. The Kier molecular flexibility index (Phi) is 4.91. The monoisotopic (exact) mass is 225 g/mol. The van der Waals surface area contributed by atoms with Crippen LogP contribution in [0.2, 0.25) is 0 Å². The van der Waals surface area contributed by atoms with Crippen molar-refractivity contribution in [3.63, 3.8) is 0 Å². The van der Waals surface area contributed by atoms with Crippen LogP contribution >= 0.6 is 0 Å². The Hall–Kier alpha value is -1.43. The smallest absolute Gasteiger partial charge is 0.222 e. The minimum atomic E-state index is -0.000324. The molecular formula is C10H19N5O. The minimum Gasteiger partial charge on any atom is -0.352 e. The lowest BCUT2D eigenvalue weighted by Crippen LogP contribution is -2.43. The average Bonchev–Trinajstić information content (AvgIpc) is 2.75. The van der Waals surface area contributed by atoms with Gasteiger partial charge in [0, 0.05) is 25.2 Å². The zero-order valence-electron chi connectivity index (χ0n) is 9.76. The summed E-state index contributed by atoms with van der Waals surface area (Å²) in [6.45, 7) is 5.08. The van der Waals surface area contributed by atoms with E-state index in [1.54, 1.807) is 17.1 Å². The average molecular weight is 225 g/mol. The van der Waals surface area contributed by atoms with E-state index in [0.29, 0.717) is 25.4 Å². The molecule has 1 heterocycles. The maximum atomic E-state index is 11.6. The van der Waals surface area contributed by atoms with Gasteiger partial charge in [0.1, 0.15) is 0 Å². The van der Waals surface area contributed by atoms with Crippen molar-refractivity contribution in [2.45, 2.75) is 32.9 Å². The molecule has 0 spiro atoms. The second-order valence-corrected chi connectivity index (χ2v) is 4.07. The Balaban J connectivity index is 2.30. The number of carbonyl (C=O) groups excluding carboxylic acids is 1. The van der Waals surface area contributed by atoms with E-state index in [-0.39, 0.29) is 11.9 Å². The van der Waals surface area contributed by atoms with Gasteiger partial charge in [0.25, 0.3) is 0 Å². The Morgan fingerprint density at radius 1 is 1.56 bits per heavy atom. The molecule has 0 bridgehead atoms. The maximum Gasteiger partial charge on any atom is 0.222 e. The molecule has 0 aromatic carbocycles. The minimum absolute atomic E-state index is 0.000324. The van der Waals surface area contributed by atoms with Crippen LogP contribution in [0.5, 0.6) is 0 Å². The van der Waals surface area contributed by atoms with E-state index in [4.69, 9.17) is 5.73 Å². The molecular weight excluding hydrogens is 206 g/mol. The highest BCUT2D eigenvalue weighted by atomic mass is 16.1. The first-order chi connectivity index (χ1) is 7.63. The Labute approximate surface area is 95.2 Å². The number of rotatable bonds is 6. The number of aryl methyl sites for hydroxylation is 1. The maximum absolute atomic E-state index is 11.6. The summed E-state index contributed by atoms with van der Waals surface area (Å²) >= 11 is 0. The van der Waals surface area contributed by atoms with Crippen LogP contribution in [0.4, 0.5) is 0 Å². The topological polar surface area (TPSA) is 85.8 Å². The van der Waals surface area contributed by atoms with Crippen molar-refractivity contribution in [3.8, 4) is 0 Å². The summed E-state index contributed by atoms with van der Waals surface area (Å²) in [6, 6.07) is 0.0447. The number of nitrogens with one attached hydrogen (secondary N) is 1. The third kappa shape index (κ3) is 3.98. The molecule has 1 rings (SSSR count). The molecule has 0 fully saturated rings. The third-order valence-corrected chi connectivity index (χ3v) is 2.44. The van der Waals surface area contributed by atoms with Crippen LogP contribution in [0.1, 0.15) is 20.3 Å². The molecule has 3 N–H and O–H groups in total. The molecule has 6 heteroatoms. The summed E-state index contributed by atoms with van der Waals surface area (Å²) in [5.41, 5.74) is 5.57. The van der Waals surface area contributed by atoms with Gasteiger partial charge in [-0.25, -0.2) is 0 Å². The molecule has 6 nitrogen and oxygen atoms in total. The number of hydrogen-bond acceptors (Lipinski definition) is 4. The van der Waals surface area contributed by atoms with Crippen LogP contribution in [0.15, 0.2) is 12.4 Å². The van der Waals surface area contributed by atoms with Crippen molar-refractivity contribution in [2.75, 3.05) is 6.54 Å². The molecule has 16 heavy (non-hydrogen) atoms. The molecule has 1 atom stereocenters. The number of hydrogen-bond donors (Lipinski definition) is 2. The van der Waals surface area contributed by atoms with Crippen molar-refractivity contribution in [2.24, 2.45) is 11.7 Å². The number of nitrogens with two attached hydrogens (primary N) is 1. The molecule has 1 aromatic rings. The summed E-state index contributed by atoms with van der Waals surface area (Å²) in [6.07, 6.45) is 3.72. The number of amides is 1. The summed E-state index contributed by atoms with van der Waals surface area (Å²) in [5, 5.41) is 10.4. The fourth-order valence-corrected chi connectivity index (χ4v) is 1.34. The summed E-state index contributed by atoms with van der Waals surface area (Å²) in [4.78, 5) is 11.6. The summed E-state index contributed by atoms with van der Waals surface area (Å²) in [7, 11) is 0. The van der Waals surface area contributed by atoms with Crippen molar-refractivity contribution in [1.29, 1.82) is 0 Å². The molecule has 1 unspecified atom stereocenters. The highest BCUT2D eigenvalue weighted by Crippen LogP contribution is 2.00. The van der Waals surface area contributed by atoms with E-state index in [2.05, 4.69) is 15.6 Å². The lowest BCUT2D eigenvalue weighted by atomic mass is 10.0. The first-order valence-electron chi connectivity index (χ1n) is 5.47. The number of carbonyl (C=O) groups is 1. The van der Waals surface area contributed by atoms with E-state index in [1.807, 2.05) is 13.8 Å². The van der Waals surface area contributed by atoms with Crippen LogP contribution in [-0.2, 0) is 11.3 Å². The second kappa shape index (κ2) is 6.22. The Morgan fingerprint density at radius 3 is 2.81 bits per heavy atom. The van der Waals surface area contributed by atoms with Gasteiger partial charge in [-0.15, -0.1) is 5.10 Å². The second-order valence-electron chi connectivity index (χ2n) is 4.07. The van der Waals surface area contributed by atoms with Gasteiger partial charge >= 0.3 is 0 Å². The fraction of sp³-hybridized carbons (Fsp3) is 0.700. The normalized spacial score (nSPS) is 12.8. The first kappa shape index (κ1) is 12.6. The van der Waals surface area contributed by atoms with Gasteiger partial charge in [-0.05, 0) is 5.92 Å². The van der Waals surface area contributed by atoms with E-state index in [1.165, 1.54) is 0 Å². The summed E-state index contributed by atoms with van der Waals surface area (Å²) < 4.78 is 1.63. The van der Waals surface area contributed by atoms with Crippen LogP contribution < -0.4 is 11.1 Å². The molecule has 0 saturated carbocycles. The molecule has 1 amide bonds.